The molecule has 0 unspecified atom stereocenters. The summed E-state index contributed by atoms with van der Waals surface area (Å²) in [4.78, 5) is 13.8. The second-order valence-corrected chi connectivity index (χ2v) is 6.67. The van der Waals surface area contributed by atoms with E-state index in [0.717, 1.165) is 0 Å². The van der Waals surface area contributed by atoms with Crippen LogP contribution >= 0.6 is 15.9 Å². The molecule has 0 saturated heterocycles. The number of hydrogen-bond acceptors (Lipinski definition) is 3. The van der Waals surface area contributed by atoms with Crippen molar-refractivity contribution < 1.29 is 18.3 Å². The van der Waals surface area contributed by atoms with Gasteiger partial charge in [-0.1, -0.05) is 22.0 Å². The summed E-state index contributed by atoms with van der Waals surface area (Å²) in [7, 11) is -3.84. The molecular weight excluding hydrogens is 348 g/mol. The Kier molecular flexibility index (Phi) is 3.87. The highest BCUT2D eigenvalue weighted by Gasteiger charge is 2.21. The van der Waals surface area contributed by atoms with Crippen LogP contribution in [0.25, 0.3) is 0 Å². The molecule has 106 valence electrons. The van der Waals surface area contributed by atoms with Gasteiger partial charge in [0.25, 0.3) is 10.0 Å². The van der Waals surface area contributed by atoms with E-state index in [4.69, 9.17) is 5.11 Å². The number of anilines is 1. The van der Waals surface area contributed by atoms with Gasteiger partial charge in [-0.25, -0.2) is 13.2 Å². The molecule has 1 aromatic heterocycles. The van der Waals surface area contributed by atoms with E-state index >= 15 is 0 Å². The predicted octanol–water partition coefficient (Wildman–Crippen LogP) is 2.58. The van der Waals surface area contributed by atoms with Crippen molar-refractivity contribution in [2.45, 2.75) is 11.8 Å². The first-order chi connectivity index (χ1) is 9.31. The third-order valence-corrected chi connectivity index (χ3v) is 4.50. The lowest BCUT2D eigenvalue weighted by Crippen LogP contribution is -2.14. The second-order valence-electron chi connectivity index (χ2n) is 4.07. The zero-order valence-electron chi connectivity index (χ0n) is 10.3. The summed E-state index contributed by atoms with van der Waals surface area (Å²) < 4.78 is 27.3. The number of sulfonamides is 1. The Hall–Kier alpha value is -1.80. The largest absolute Gasteiger partial charge is 0.478 e. The first-order valence-corrected chi connectivity index (χ1v) is 7.78. The fraction of sp³-hybridized carbons (Fsp3) is 0.0833. The number of benzene rings is 1. The Balaban J connectivity index is 2.41. The molecular formula is C12H11BrN2O4S. The van der Waals surface area contributed by atoms with Crippen molar-refractivity contribution in [2.24, 2.45) is 0 Å². The van der Waals surface area contributed by atoms with Gasteiger partial charge in [0.15, 0.2) is 0 Å². The van der Waals surface area contributed by atoms with Crippen LogP contribution in [-0.2, 0) is 10.0 Å². The zero-order valence-corrected chi connectivity index (χ0v) is 12.7. The molecule has 6 nitrogen and oxygen atoms in total. The highest BCUT2D eigenvalue weighted by Crippen LogP contribution is 2.24. The van der Waals surface area contributed by atoms with Gasteiger partial charge in [-0.15, -0.1) is 0 Å². The summed E-state index contributed by atoms with van der Waals surface area (Å²) >= 11 is 3.19. The highest BCUT2D eigenvalue weighted by molar-refractivity contribution is 9.10. The molecule has 3 N–H and O–H groups in total. The first kappa shape index (κ1) is 14.6. The topological polar surface area (TPSA) is 99.3 Å². The van der Waals surface area contributed by atoms with Crippen LogP contribution < -0.4 is 4.72 Å². The molecule has 8 heteroatoms. The van der Waals surface area contributed by atoms with Gasteiger partial charge in [-0.05, 0) is 25.1 Å². The van der Waals surface area contributed by atoms with Crippen LogP contribution in [-0.4, -0.2) is 24.5 Å². The van der Waals surface area contributed by atoms with Crippen LogP contribution in [0.15, 0.2) is 39.8 Å². The van der Waals surface area contributed by atoms with Crippen molar-refractivity contribution in [2.75, 3.05) is 4.72 Å². The van der Waals surface area contributed by atoms with E-state index in [1.165, 1.54) is 18.3 Å². The van der Waals surface area contributed by atoms with Crippen LogP contribution in [0.2, 0.25) is 0 Å². The number of carbonyl (C=O) groups is 1. The number of aromatic nitrogens is 1. The number of aromatic carboxylic acids is 1. The molecule has 0 aliphatic heterocycles. The second kappa shape index (κ2) is 5.29. The maximum absolute atomic E-state index is 12.2. The van der Waals surface area contributed by atoms with Gasteiger partial charge in [0.2, 0.25) is 0 Å². The molecule has 0 aliphatic carbocycles. The van der Waals surface area contributed by atoms with Crippen molar-refractivity contribution in [3.05, 3.63) is 46.2 Å². The van der Waals surface area contributed by atoms with E-state index in [1.54, 1.807) is 19.1 Å². The summed E-state index contributed by atoms with van der Waals surface area (Å²) in [5.41, 5.74) is 0.294. The predicted molar refractivity (Wildman–Crippen MR) is 77.4 cm³/mol. The standard InChI is InChI=1S/C12H11BrN2O4S/c1-7-11(12(16)17)10(6-14-7)15-20(18,19)9-4-2-3-8(13)5-9/h2-6,14-15H,1H3,(H,16,17). The summed E-state index contributed by atoms with van der Waals surface area (Å²) in [6.07, 6.45) is 1.31. The fourth-order valence-corrected chi connectivity index (χ4v) is 3.38. The molecule has 0 radical (unpaired) electrons. The van der Waals surface area contributed by atoms with Crippen molar-refractivity contribution in [1.29, 1.82) is 0 Å². The summed E-state index contributed by atoms with van der Waals surface area (Å²) in [6.45, 7) is 1.56. The van der Waals surface area contributed by atoms with Gasteiger partial charge in [-0.3, -0.25) is 4.72 Å². The Morgan fingerprint density at radius 2 is 2.10 bits per heavy atom. The lowest BCUT2D eigenvalue weighted by Gasteiger charge is -2.08. The van der Waals surface area contributed by atoms with Crippen LogP contribution in [0.1, 0.15) is 16.1 Å². The highest BCUT2D eigenvalue weighted by atomic mass is 79.9. The van der Waals surface area contributed by atoms with Crippen molar-refractivity contribution in [3.8, 4) is 0 Å². The summed E-state index contributed by atoms with van der Waals surface area (Å²) in [5.74, 6) is -1.20. The van der Waals surface area contributed by atoms with Crippen LogP contribution in [0.5, 0.6) is 0 Å². The van der Waals surface area contributed by atoms with Crippen molar-refractivity contribution in [3.63, 3.8) is 0 Å². The van der Waals surface area contributed by atoms with Crippen LogP contribution in [0.3, 0.4) is 0 Å². The lowest BCUT2D eigenvalue weighted by molar-refractivity contribution is 0.0697. The fourth-order valence-electron chi connectivity index (χ4n) is 1.72. The molecule has 0 atom stereocenters. The molecule has 1 aromatic carbocycles. The van der Waals surface area contributed by atoms with E-state index in [1.807, 2.05) is 0 Å². The summed E-state index contributed by atoms with van der Waals surface area (Å²) in [6, 6.07) is 6.14. The molecule has 0 fully saturated rings. The van der Waals surface area contributed by atoms with E-state index in [9.17, 15) is 13.2 Å². The number of nitrogens with one attached hydrogen (secondary N) is 2. The van der Waals surface area contributed by atoms with Gasteiger partial charge >= 0.3 is 5.97 Å². The van der Waals surface area contributed by atoms with E-state index in [-0.39, 0.29) is 16.1 Å². The number of aryl methyl sites for hydroxylation is 1. The molecule has 2 aromatic rings. The van der Waals surface area contributed by atoms with Gasteiger partial charge in [0, 0.05) is 16.4 Å². The minimum absolute atomic E-state index is 0.00924. The molecule has 20 heavy (non-hydrogen) atoms. The molecule has 0 aliphatic rings. The monoisotopic (exact) mass is 358 g/mol. The Labute approximate surface area is 124 Å². The number of carboxylic acids is 1. The third-order valence-electron chi connectivity index (χ3n) is 2.64. The summed E-state index contributed by atoms with van der Waals surface area (Å²) in [5, 5.41) is 9.08. The first-order valence-electron chi connectivity index (χ1n) is 5.51. The van der Waals surface area contributed by atoms with E-state index < -0.39 is 16.0 Å². The number of hydrogen-bond donors (Lipinski definition) is 3. The van der Waals surface area contributed by atoms with E-state index in [0.29, 0.717) is 10.2 Å². The molecule has 0 bridgehead atoms. The minimum atomic E-state index is -3.84. The SMILES string of the molecule is Cc1[nH]cc(NS(=O)(=O)c2cccc(Br)c2)c1C(=O)O. The Bertz CT molecular complexity index is 768. The number of aromatic amines is 1. The number of H-pyrrole nitrogens is 1. The molecule has 2 rings (SSSR count). The zero-order chi connectivity index (χ0) is 14.9. The quantitative estimate of drug-likeness (QED) is 0.781. The van der Waals surface area contributed by atoms with Gasteiger partial charge in [0.05, 0.1) is 10.6 Å². The van der Waals surface area contributed by atoms with Crippen LogP contribution in [0, 0.1) is 6.92 Å². The van der Waals surface area contributed by atoms with Gasteiger partial charge in [-0.2, -0.15) is 0 Å². The molecule has 1 heterocycles. The maximum atomic E-state index is 12.2. The van der Waals surface area contributed by atoms with Gasteiger partial charge in [0.1, 0.15) is 5.56 Å². The lowest BCUT2D eigenvalue weighted by atomic mass is 10.2. The van der Waals surface area contributed by atoms with Gasteiger partial charge < -0.3 is 10.1 Å². The molecule has 0 saturated carbocycles. The Morgan fingerprint density at radius 1 is 1.40 bits per heavy atom. The average Bonchev–Trinajstić information content (AvgIpc) is 2.69. The normalized spacial score (nSPS) is 11.3. The molecule has 0 spiro atoms. The minimum Gasteiger partial charge on any atom is -0.478 e. The maximum Gasteiger partial charge on any atom is 0.339 e. The van der Waals surface area contributed by atoms with E-state index in [2.05, 4.69) is 25.6 Å². The number of rotatable bonds is 4. The van der Waals surface area contributed by atoms with Crippen molar-refractivity contribution in [1.82, 2.24) is 4.98 Å². The molecule has 0 amide bonds. The number of carboxylic acid groups (broad SMARTS) is 1. The number of halogens is 1. The average molecular weight is 359 g/mol. The Morgan fingerprint density at radius 3 is 2.70 bits per heavy atom. The van der Waals surface area contributed by atoms with Crippen molar-refractivity contribution >= 4 is 37.6 Å². The van der Waals surface area contributed by atoms with Crippen LogP contribution in [0.4, 0.5) is 5.69 Å². The third kappa shape index (κ3) is 2.86. The smallest absolute Gasteiger partial charge is 0.339 e.